The average Bonchev–Trinajstić information content (AvgIpc) is 3.41. The molecule has 0 atom stereocenters. The summed E-state index contributed by atoms with van der Waals surface area (Å²) in [5.74, 6) is -3.28. The molecule has 2 N–H and O–H groups in total. The van der Waals surface area contributed by atoms with Crippen molar-refractivity contribution in [3.05, 3.63) is 114 Å². The van der Waals surface area contributed by atoms with Gasteiger partial charge < -0.3 is 10.1 Å². The number of amides is 1. The van der Waals surface area contributed by atoms with Crippen LogP contribution in [0.25, 0.3) is 22.0 Å². The fraction of sp³-hybridized carbons (Fsp3) is 0.219. The monoisotopic (exact) mass is 573 g/mol. The number of nitrogens with zero attached hydrogens (tertiary/aromatic N) is 3. The molecule has 10 heteroatoms. The number of hydrogen-bond acceptors (Lipinski definition) is 5. The number of piperidine rings is 1. The third-order valence-corrected chi connectivity index (χ3v) is 7.00. The summed E-state index contributed by atoms with van der Waals surface area (Å²) in [5, 5.41) is 10.6. The highest BCUT2D eigenvalue weighted by atomic mass is 19.3. The van der Waals surface area contributed by atoms with Crippen molar-refractivity contribution in [2.75, 3.05) is 13.1 Å². The molecule has 216 valence electrons. The Kier molecular flexibility index (Phi) is 8.53. The predicted octanol–water partition coefficient (Wildman–Crippen LogP) is 6.78. The Balaban J connectivity index is 1.28. The Bertz CT molecular complexity index is 1670. The van der Waals surface area contributed by atoms with Crippen LogP contribution < -0.4 is 10.1 Å². The molecule has 1 aliphatic rings. The highest BCUT2D eigenvalue weighted by Crippen LogP contribution is 2.30. The summed E-state index contributed by atoms with van der Waals surface area (Å²) in [4.78, 5) is 19.6. The number of aromatic nitrogens is 3. The molecule has 1 amide bonds. The maximum absolute atomic E-state index is 13.9. The number of fused-ring (bicyclic) bond motifs is 1. The van der Waals surface area contributed by atoms with Crippen molar-refractivity contribution in [3.63, 3.8) is 0 Å². The summed E-state index contributed by atoms with van der Waals surface area (Å²) >= 11 is 0. The largest absolute Gasteiger partial charge is 0.455 e. The SMILES string of the molecule is C=C(/C=C\C(=C/C)NC(=O)c1n[nH]c2ccc(-c3cncc(CN4CCC(F)(F)CC4)c3)cc12)Oc1ccccc1F. The van der Waals surface area contributed by atoms with E-state index >= 15 is 0 Å². The van der Waals surface area contributed by atoms with E-state index in [1.807, 2.05) is 29.2 Å². The van der Waals surface area contributed by atoms with E-state index in [0.29, 0.717) is 36.2 Å². The fourth-order valence-corrected chi connectivity index (χ4v) is 4.68. The lowest BCUT2D eigenvalue weighted by Gasteiger charge is -2.31. The number of alkyl halides is 2. The van der Waals surface area contributed by atoms with Gasteiger partial charge in [0.1, 0.15) is 5.76 Å². The van der Waals surface area contributed by atoms with Crippen molar-refractivity contribution in [1.82, 2.24) is 25.4 Å². The van der Waals surface area contributed by atoms with Crippen LogP contribution >= 0.6 is 0 Å². The standard InChI is InChI=1S/C32H30F3N5O2/c1-3-25(10-8-21(2)42-29-7-5-4-6-27(29)33)37-31(41)30-26-17-23(9-11-28(26)38-39-30)24-16-22(18-36-19-24)20-40-14-12-32(34,35)13-15-40/h3-11,16-19H,2,12-15,20H2,1H3,(H,37,41)(H,38,39)/b10-8-,25-3+. The first-order chi connectivity index (χ1) is 20.2. The third kappa shape index (κ3) is 6.95. The maximum atomic E-state index is 13.9. The van der Waals surface area contributed by atoms with Gasteiger partial charge in [0.2, 0.25) is 0 Å². The van der Waals surface area contributed by atoms with E-state index in [1.54, 1.807) is 43.6 Å². The molecule has 2 aromatic heterocycles. The fourth-order valence-electron chi connectivity index (χ4n) is 4.68. The number of H-pyrrole nitrogens is 1. The number of carbonyl (C=O) groups is 1. The molecule has 0 bridgehead atoms. The van der Waals surface area contributed by atoms with E-state index in [9.17, 15) is 18.0 Å². The highest BCUT2D eigenvalue weighted by Gasteiger charge is 2.33. The maximum Gasteiger partial charge on any atom is 0.276 e. The lowest BCUT2D eigenvalue weighted by atomic mass is 10.0. The molecule has 3 heterocycles. The molecule has 0 saturated carbocycles. The topological polar surface area (TPSA) is 83.1 Å². The average molecular weight is 574 g/mol. The van der Waals surface area contributed by atoms with Crippen LogP contribution in [-0.2, 0) is 6.54 Å². The Labute approximate surface area is 241 Å². The minimum absolute atomic E-state index is 0.0499. The second-order valence-electron chi connectivity index (χ2n) is 10.1. The van der Waals surface area contributed by atoms with Crippen LogP contribution in [0.2, 0.25) is 0 Å². The zero-order chi connectivity index (χ0) is 29.7. The molecule has 0 radical (unpaired) electrons. The highest BCUT2D eigenvalue weighted by molar-refractivity contribution is 6.06. The van der Waals surface area contributed by atoms with Crippen LogP contribution in [0.5, 0.6) is 5.75 Å². The zero-order valence-electron chi connectivity index (χ0n) is 23.0. The van der Waals surface area contributed by atoms with Gasteiger partial charge in [0.05, 0.1) is 5.52 Å². The number of rotatable bonds is 9. The number of pyridine rings is 1. The number of nitrogens with one attached hydrogen (secondary N) is 2. The molecular weight excluding hydrogens is 543 g/mol. The molecule has 0 aliphatic carbocycles. The van der Waals surface area contributed by atoms with Crippen molar-refractivity contribution < 1.29 is 22.7 Å². The third-order valence-electron chi connectivity index (χ3n) is 7.00. The van der Waals surface area contributed by atoms with E-state index in [1.165, 1.54) is 18.2 Å². The quantitative estimate of drug-likeness (QED) is 0.170. The van der Waals surface area contributed by atoms with Gasteiger partial charge in [-0.25, -0.2) is 13.2 Å². The van der Waals surface area contributed by atoms with E-state index in [2.05, 4.69) is 27.1 Å². The van der Waals surface area contributed by atoms with E-state index in [4.69, 9.17) is 4.74 Å². The molecule has 0 unspecified atom stereocenters. The first-order valence-corrected chi connectivity index (χ1v) is 13.5. The summed E-state index contributed by atoms with van der Waals surface area (Å²) in [6.45, 7) is 6.76. The second kappa shape index (κ2) is 12.4. The van der Waals surface area contributed by atoms with Gasteiger partial charge in [-0.2, -0.15) is 5.10 Å². The number of benzene rings is 2. The molecular formula is C32H30F3N5O2. The van der Waals surface area contributed by atoms with Crippen LogP contribution in [0.1, 0.15) is 35.8 Å². The minimum Gasteiger partial charge on any atom is -0.455 e. The predicted molar refractivity (Wildman–Crippen MR) is 155 cm³/mol. The van der Waals surface area contributed by atoms with Crippen LogP contribution in [-0.4, -0.2) is 45.0 Å². The van der Waals surface area contributed by atoms with E-state index < -0.39 is 17.6 Å². The number of carbonyl (C=O) groups excluding carboxylic acids is 1. The zero-order valence-corrected chi connectivity index (χ0v) is 23.0. The molecule has 4 aromatic rings. The van der Waals surface area contributed by atoms with Crippen molar-refractivity contribution in [2.45, 2.75) is 32.2 Å². The molecule has 0 spiro atoms. The van der Waals surface area contributed by atoms with Crippen LogP contribution in [0.15, 0.2) is 97.2 Å². The van der Waals surface area contributed by atoms with E-state index in [-0.39, 0.29) is 30.0 Å². The molecule has 2 aromatic carbocycles. The lowest BCUT2D eigenvalue weighted by Crippen LogP contribution is -2.38. The van der Waals surface area contributed by atoms with Gasteiger partial charge in [0.15, 0.2) is 17.3 Å². The molecule has 42 heavy (non-hydrogen) atoms. The summed E-state index contributed by atoms with van der Waals surface area (Å²) in [5.41, 5.74) is 3.97. The molecule has 1 saturated heterocycles. The molecule has 7 nitrogen and oxygen atoms in total. The Morgan fingerprint density at radius 2 is 1.90 bits per heavy atom. The van der Waals surface area contributed by atoms with Crippen LogP contribution in [0.4, 0.5) is 13.2 Å². The van der Waals surface area contributed by atoms with Gasteiger partial charge in [0.25, 0.3) is 11.8 Å². The van der Waals surface area contributed by atoms with Crippen molar-refractivity contribution in [1.29, 1.82) is 0 Å². The number of aromatic amines is 1. The first kappa shape index (κ1) is 28.8. The Hall–Kier alpha value is -4.70. The van der Waals surface area contributed by atoms with E-state index in [0.717, 1.165) is 16.7 Å². The molecule has 1 aliphatic heterocycles. The van der Waals surface area contributed by atoms with Crippen molar-refractivity contribution in [2.24, 2.45) is 0 Å². The Morgan fingerprint density at radius 1 is 1.12 bits per heavy atom. The van der Waals surface area contributed by atoms with Gasteiger partial charge >= 0.3 is 0 Å². The van der Waals surface area contributed by atoms with Gasteiger partial charge in [-0.1, -0.05) is 30.9 Å². The van der Waals surface area contributed by atoms with Crippen LogP contribution in [0, 0.1) is 5.82 Å². The second-order valence-corrected chi connectivity index (χ2v) is 10.1. The summed E-state index contributed by atoms with van der Waals surface area (Å²) in [6, 6.07) is 13.6. The number of likely N-dealkylation sites (tertiary alicyclic amines) is 1. The lowest BCUT2D eigenvalue weighted by molar-refractivity contribution is -0.0566. The molecule has 5 rings (SSSR count). The van der Waals surface area contributed by atoms with Gasteiger partial charge in [0, 0.05) is 61.5 Å². The van der Waals surface area contributed by atoms with Gasteiger partial charge in [-0.05, 0) is 60.5 Å². The van der Waals surface area contributed by atoms with Gasteiger partial charge in [-0.3, -0.25) is 19.8 Å². The number of allylic oxidation sites excluding steroid dienone is 3. The Morgan fingerprint density at radius 3 is 2.67 bits per heavy atom. The number of para-hydroxylation sites is 1. The number of ether oxygens (including phenoxy) is 1. The number of hydrogen-bond donors (Lipinski definition) is 2. The smallest absolute Gasteiger partial charge is 0.276 e. The minimum atomic E-state index is -2.59. The number of halogens is 3. The van der Waals surface area contributed by atoms with Crippen molar-refractivity contribution in [3.8, 4) is 16.9 Å². The first-order valence-electron chi connectivity index (χ1n) is 13.5. The molecule has 1 fully saturated rings. The summed E-state index contributed by atoms with van der Waals surface area (Å²) in [6.07, 6.45) is 8.03. The summed E-state index contributed by atoms with van der Waals surface area (Å²) in [7, 11) is 0. The normalized spacial score (nSPS) is 15.7. The van der Waals surface area contributed by atoms with Crippen molar-refractivity contribution >= 4 is 16.8 Å². The van der Waals surface area contributed by atoms with Gasteiger partial charge in [-0.15, -0.1) is 0 Å². The van der Waals surface area contributed by atoms with Crippen LogP contribution in [0.3, 0.4) is 0 Å². The summed E-state index contributed by atoms with van der Waals surface area (Å²) < 4.78 is 46.4.